The third-order valence-corrected chi connectivity index (χ3v) is 6.50. The van der Waals surface area contributed by atoms with E-state index in [9.17, 15) is 9.59 Å². The molecule has 0 unspecified atom stereocenters. The van der Waals surface area contributed by atoms with Gasteiger partial charge in [-0.2, -0.15) is 0 Å². The van der Waals surface area contributed by atoms with Gasteiger partial charge in [-0.1, -0.05) is 0 Å². The lowest BCUT2D eigenvalue weighted by Crippen LogP contribution is -2.36. The molecule has 3 rings (SSSR count). The lowest BCUT2D eigenvalue weighted by Gasteiger charge is -2.27. The Morgan fingerprint density at radius 1 is 1.21 bits per heavy atom. The number of anilines is 1. The van der Waals surface area contributed by atoms with Crippen molar-refractivity contribution in [1.82, 2.24) is 10.3 Å². The summed E-state index contributed by atoms with van der Waals surface area (Å²) in [5, 5.41) is 15.3. The summed E-state index contributed by atoms with van der Waals surface area (Å²) in [5.74, 6) is 0.944. The van der Waals surface area contributed by atoms with Crippen LogP contribution in [0.1, 0.15) is 50.5 Å². The van der Waals surface area contributed by atoms with E-state index < -0.39 is 12.2 Å². The summed E-state index contributed by atoms with van der Waals surface area (Å²) in [5.41, 5.74) is 1.46. The summed E-state index contributed by atoms with van der Waals surface area (Å²) >= 11 is 1.62. The number of ether oxygens (including phenoxy) is 3. The predicted octanol–water partition coefficient (Wildman–Crippen LogP) is 5.09. The minimum absolute atomic E-state index is 0.0152. The van der Waals surface area contributed by atoms with Crippen molar-refractivity contribution in [3.63, 3.8) is 0 Å². The fourth-order valence-corrected chi connectivity index (χ4v) is 4.90. The zero-order valence-corrected chi connectivity index (χ0v) is 19.9. The number of carbonyl (C=O) groups is 2. The third-order valence-electron chi connectivity index (χ3n) is 5.31. The van der Waals surface area contributed by atoms with Crippen LogP contribution in [-0.4, -0.2) is 54.7 Å². The predicted molar refractivity (Wildman–Crippen MR) is 126 cm³/mol. The maximum Gasteiger partial charge on any atom is 0.411 e. The second-order valence-electron chi connectivity index (χ2n) is 8.19. The van der Waals surface area contributed by atoms with Crippen molar-refractivity contribution in [2.45, 2.75) is 57.6 Å². The topological polar surface area (TPSA) is 119 Å². The highest BCUT2D eigenvalue weighted by molar-refractivity contribution is 7.15. The van der Waals surface area contributed by atoms with E-state index in [1.54, 1.807) is 38.4 Å². The Bertz CT molecular complexity index is 940. The number of amides is 2. The Kier molecular flexibility index (Phi) is 8.90. The Labute approximate surface area is 197 Å². The average molecular weight is 478 g/mol. The number of nitrogens with zero attached hydrogens (tertiary/aromatic N) is 1. The lowest BCUT2D eigenvalue weighted by molar-refractivity contribution is 0.130. The molecule has 9 nitrogen and oxygen atoms in total. The van der Waals surface area contributed by atoms with Crippen LogP contribution in [0.4, 0.5) is 15.3 Å². The molecule has 2 aromatic rings. The molecular weight excluding hydrogens is 446 g/mol. The number of aromatic nitrogens is 1. The summed E-state index contributed by atoms with van der Waals surface area (Å²) in [6.45, 7) is 4.39. The maximum absolute atomic E-state index is 12.0. The molecule has 0 saturated heterocycles. The Morgan fingerprint density at radius 2 is 1.97 bits per heavy atom. The molecule has 3 N–H and O–H groups in total. The number of rotatable bonds is 9. The molecule has 10 heteroatoms. The van der Waals surface area contributed by atoms with Gasteiger partial charge in [0.15, 0.2) is 0 Å². The minimum atomic E-state index is -0.966. The van der Waals surface area contributed by atoms with Crippen molar-refractivity contribution < 1.29 is 28.9 Å². The highest BCUT2D eigenvalue weighted by Gasteiger charge is 2.26. The first kappa shape index (κ1) is 24.8. The van der Waals surface area contributed by atoms with Gasteiger partial charge in [0.25, 0.3) is 0 Å². The summed E-state index contributed by atoms with van der Waals surface area (Å²) in [7, 11) is 1.61. The summed E-state index contributed by atoms with van der Waals surface area (Å²) < 4.78 is 16.2. The van der Waals surface area contributed by atoms with Crippen LogP contribution >= 0.6 is 11.3 Å². The van der Waals surface area contributed by atoms with Gasteiger partial charge in [-0.05, 0) is 51.7 Å². The highest BCUT2D eigenvalue weighted by Crippen LogP contribution is 2.41. The average Bonchev–Trinajstić information content (AvgIpc) is 3.23. The van der Waals surface area contributed by atoms with Gasteiger partial charge in [-0.3, -0.25) is 5.32 Å². The molecule has 0 aliphatic heterocycles. The van der Waals surface area contributed by atoms with Crippen molar-refractivity contribution in [3.05, 3.63) is 29.4 Å². The van der Waals surface area contributed by atoms with Crippen LogP contribution in [0.15, 0.2) is 24.4 Å². The van der Waals surface area contributed by atoms with Crippen LogP contribution in [0.3, 0.4) is 0 Å². The largest absolute Gasteiger partial charge is 0.490 e. The van der Waals surface area contributed by atoms with E-state index in [1.165, 1.54) is 0 Å². The number of methoxy groups -OCH3 is 1. The normalized spacial score (nSPS) is 18.1. The number of nitrogens with one attached hydrogen (secondary N) is 2. The van der Waals surface area contributed by atoms with E-state index in [1.807, 2.05) is 18.3 Å². The van der Waals surface area contributed by atoms with Gasteiger partial charge in [0.2, 0.25) is 0 Å². The van der Waals surface area contributed by atoms with Crippen LogP contribution in [0, 0.1) is 0 Å². The monoisotopic (exact) mass is 477 g/mol. The lowest BCUT2D eigenvalue weighted by atomic mass is 9.86. The van der Waals surface area contributed by atoms with Gasteiger partial charge in [0, 0.05) is 42.6 Å². The van der Waals surface area contributed by atoms with Crippen molar-refractivity contribution in [2.75, 3.05) is 25.6 Å². The van der Waals surface area contributed by atoms with Gasteiger partial charge in [-0.25, -0.2) is 14.6 Å². The third kappa shape index (κ3) is 7.33. The fourth-order valence-electron chi connectivity index (χ4n) is 3.78. The molecule has 1 aliphatic carbocycles. The molecule has 1 aliphatic rings. The number of carboxylic acid groups (broad SMARTS) is 1. The van der Waals surface area contributed by atoms with Crippen molar-refractivity contribution in [3.8, 4) is 16.2 Å². The fraction of sp³-hybridized carbons (Fsp3) is 0.522. The zero-order valence-electron chi connectivity index (χ0n) is 19.1. The number of carbonyl (C=O) groups excluding carboxylic acids is 1. The quantitative estimate of drug-likeness (QED) is 0.431. The van der Waals surface area contributed by atoms with Crippen LogP contribution in [0.2, 0.25) is 0 Å². The molecule has 0 radical (unpaired) electrons. The van der Waals surface area contributed by atoms with E-state index in [0.717, 1.165) is 41.1 Å². The Balaban J connectivity index is 1.74. The van der Waals surface area contributed by atoms with E-state index >= 15 is 0 Å². The van der Waals surface area contributed by atoms with Gasteiger partial charge >= 0.3 is 12.2 Å². The molecule has 33 heavy (non-hydrogen) atoms. The molecule has 0 spiro atoms. The van der Waals surface area contributed by atoms with Gasteiger partial charge in [0.05, 0.1) is 22.6 Å². The first-order valence-electron chi connectivity index (χ1n) is 11.0. The van der Waals surface area contributed by atoms with Crippen LogP contribution in [0.25, 0.3) is 10.4 Å². The van der Waals surface area contributed by atoms with E-state index in [-0.39, 0.29) is 12.1 Å². The smallest absolute Gasteiger partial charge is 0.411 e. The molecule has 1 fully saturated rings. The minimum Gasteiger partial charge on any atom is -0.490 e. The van der Waals surface area contributed by atoms with Crippen LogP contribution in [-0.2, 0) is 9.47 Å². The molecule has 180 valence electrons. The number of benzene rings is 1. The van der Waals surface area contributed by atoms with Crippen molar-refractivity contribution >= 4 is 29.2 Å². The Morgan fingerprint density at radius 3 is 2.64 bits per heavy atom. The molecule has 2 amide bonds. The van der Waals surface area contributed by atoms with Crippen molar-refractivity contribution in [1.29, 1.82) is 0 Å². The molecular formula is C23H31N3O6S. The van der Waals surface area contributed by atoms with Gasteiger partial charge < -0.3 is 24.6 Å². The van der Waals surface area contributed by atoms with E-state index in [2.05, 4.69) is 15.6 Å². The number of hydrogen-bond acceptors (Lipinski definition) is 7. The number of thiazole rings is 1. The first-order chi connectivity index (χ1) is 15.9. The second-order valence-corrected chi connectivity index (χ2v) is 9.25. The molecule has 1 saturated carbocycles. The molecule has 1 heterocycles. The zero-order chi connectivity index (χ0) is 23.8. The molecule has 0 atom stereocenters. The van der Waals surface area contributed by atoms with Gasteiger partial charge in [0.1, 0.15) is 12.4 Å². The standard InChI is InChI=1S/C23H31N3O6S/c1-14(2)32-23(29)26-17-8-9-18(19(12-17)31-11-10-30-3)20-13-24-21(33-20)15-4-6-16(7-5-15)25-22(27)28/h8-9,12-16,25H,4-7,10-11H2,1-3H3,(H,26,29)(H,27,28)/t15-,16-. The summed E-state index contributed by atoms with van der Waals surface area (Å²) in [6.07, 6.45) is 3.56. The van der Waals surface area contributed by atoms with Gasteiger partial charge in [-0.15, -0.1) is 11.3 Å². The van der Waals surface area contributed by atoms with Crippen LogP contribution < -0.4 is 15.4 Å². The highest BCUT2D eigenvalue weighted by atomic mass is 32.1. The summed E-state index contributed by atoms with van der Waals surface area (Å²) in [6, 6.07) is 5.50. The SMILES string of the molecule is COCCOc1cc(NC(=O)OC(C)C)ccc1-c1cnc([C@H]2CC[C@H](NC(=O)O)CC2)s1. The van der Waals surface area contributed by atoms with Crippen molar-refractivity contribution in [2.24, 2.45) is 0 Å². The van der Waals surface area contributed by atoms with E-state index in [0.29, 0.717) is 30.6 Å². The van der Waals surface area contributed by atoms with Crippen LogP contribution in [0.5, 0.6) is 5.75 Å². The molecule has 0 bridgehead atoms. The Hall–Kier alpha value is -2.85. The summed E-state index contributed by atoms with van der Waals surface area (Å²) in [4.78, 5) is 28.5. The second kappa shape index (κ2) is 11.9. The van der Waals surface area contributed by atoms with E-state index in [4.69, 9.17) is 19.3 Å². The molecule has 1 aromatic carbocycles. The number of hydrogen-bond donors (Lipinski definition) is 3. The maximum atomic E-state index is 12.0. The molecule has 1 aromatic heterocycles. The first-order valence-corrected chi connectivity index (χ1v) is 11.9.